The number of hydrogen-bond donors (Lipinski definition) is 1. The van der Waals surface area contributed by atoms with E-state index in [4.69, 9.17) is 14.9 Å². The molecule has 1 aromatic heterocycles. The number of aromatic nitrogens is 2. The Morgan fingerprint density at radius 1 is 1.36 bits per heavy atom. The summed E-state index contributed by atoms with van der Waals surface area (Å²) in [6, 6.07) is 9.48. The van der Waals surface area contributed by atoms with Crippen molar-refractivity contribution in [3.8, 4) is 0 Å². The van der Waals surface area contributed by atoms with Gasteiger partial charge in [0.25, 0.3) is 5.22 Å². The summed E-state index contributed by atoms with van der Waals surface area (Å²) < 4.78 is 10.3. The maximum Gasteiger partial charge on any atom is 0.316 e. The van der Waals surface area contributed by atoms with Crippen LogP contribution in [0.2, 0.25) is 0 Å². The highest BCUT2D eigenvalue weighted by Crippen LogP contribution is 2.20. The van der Waals surface area contributed by atoms with Gasteiger partial charge in [-0.15, -0.1) is 22.6 Å². The lowest BCUT2D eigenvalue weighted by molar-refractivity contribution is -0.139. The lowest BCUT2D eigenvalue weighted by atomic mass is 10.1. The highest BCUT2D eigenvalue weighted by atomic mass is 35.5. The number of nitrogens with two attached hydrogens (primary N) is 1. The van der Waals surface area contributed by atoms with Gasteiger partial charge in [0.05, 0.1) is 12.6 Å². The van der Waals surface area contributed by atoms with Crippen LogP contribution >= 0.6 is 24.2 Å². The molecule has 0 saturated carbocycles. The molecule has 0 aliphatic heterocycles. The third-order valence-electron chi connectivity index (χ3n) is 2.66. The Labute approximate surface area is 139 Å². The zero-order valence-corrected chi connectivity index (χ0v) is 13.7. The molecule has 2 aromatic rings. The second-order valence-corrected chi connectivity index (χ2v) is 5.22. The first-order chi connectivity index (χ1) is 10.2. The Balaban J connectivity index is 0.00000242. The first-order valence-electron chi connectivity index (χ1n) is 6.60. The standard InChI is InChI=1S/C14H17N3O3S.ClH/c1-2-19-12(18)9-21-14-17-16-13(20-14)11(15)8-10-6-4-3-5-7-10;/h3-7,11H,2,8-9,15H2,1H3;1H/t11-;/m0./s1. The third-order valence-corrected chi connectivity index (χ3v) is 3.45. The average molecular weight is 344 g/mol. The van der Waals surface area contributed by atoms with Crippen molar-refractivity contribution < 1.29 is 13.9 Å². The van der Waals surface area contributed by atoms with Crippen molar-refractivity contribution in [2.24, 2.45) is 5.73 Å². The molecule has 8 heteroatoms. The van der Waals surface area contributed by atoms with E-state index < -0.39 is 0 Å². The van der Waals surface area contributed by atoms with Crippen molar-refractivity contribution in [1.29, 1.82) is 0 Å². The van der Waals surface area contributed by atoms with E-state index in [1.54, 1.807) is 6.92 Å². The quantitative estimate of drug-likeness (QED) is 0.609. The number of benzene rings is 1. The van der Waals surface area contributed by atoms with Crippen LogP contribution in [0.25, 0.3) is 0 Å². The summed E-state index contributed by atoms with van der Waals surface area (Å²) in [5, 5.41) is 8.11. The Morgan fingerprint density at radius 3 is 2.77 bits per heavy atom. The van der Waals surface area contributed by atoms with Gasteiger partial charge in [-0.25, -0.2) is 0 Å². The molecule has 0 spiro atoms. The molecular formula is C14H18ClN3O3S. The highest BCUT2D eigenvalue weighted by molar-refractivity contribution is 7.99. The zero-order valence-electron chi connectivity index (χ0n) is 12.1. The molecule has 0 aliphatic rings. The molecule has 1 aromatic carbocycles. The number of carbonyl (C=O) groups is 1. The molecule has 1 atom stereocenters. The SMILES string of the molecule is CCOC(=O)CSc1nnc([C@@H](N)Cc2ccccc2)o1.Cl. The molecule has 120 valence electrons. The van der Waals surface area contributed by atoms with Crippen molar-refractivity contribution in [1.82, 2.24) is 10.2 Å². The number of thioether (sulfide) groups is 1. The molecule has 0 unspecified atom stereocenters. The predicted molar refractivity (Wildman–Crippen MR) is 86.0 cm³/mol. The first kappa shape index (κ1) is 18.5. The molecule has 0 bridgehead atoms. The van der Waals surface area contributed by atoms with Crippen molar-refractivity contribution in [2.45, 2.75) is 24.6 Å². The van der Waals surface area contributed by atoms with Crippen LogP contribution in [0, 0.1) is 0 Å². The Morgan fingerprint density at radius 2 is 2.09 bits per heavy atom. The van der Waals surface area contributed by atoms with Crippen LogP contribution in [-0.4, -0.2) is 28.5 Å². The molecule has 22 heavy (non-hydrogen) atoms. The number of halogens is 1. The summed E-state index contributed by atoms with van der Waals surface area (Å²) in [5.74, 6) is 0.199. The number of nitrogens with zero attached hydrogens (tertiary/aromatic N) is 2. The lowest BCUT2D eigenvalue weighted by Gasteiger charge is -2.06. The average Bonchev–Trinajstić information content (AvgIpc) is 2.95. The van der Waals surface area contributed by atoms with E-state index in [-0.39, 0.29) is 30.2 Å². The fourth-order valence-electron chi connectivity index (χ4n) is 1.71. The molecule has 0 saturated heterocycles. The van der Waals surface area contributed by atoms with Gasteiger partial charge in [0.15, 0.2) is 0 Å². The van der Waals surface area contributed by atoms with Gasteiger partial charge in [-0.3, -0.25) is 4.79 Å². The summed E-state index contributed by atoms with van der Waals surface area (Å²) in [5.41, 5.74) is 7.15. The molecule has 2 rings (SSSR count). The first-order valence-corrected chi connectivity index (χ1v) is 7.59. The molecule has 6 nitrogen and oxygen atoms in total. The topological polar surface area (TPSA) is 91.2 Å². The van der Waals surface area contributed by atoms with E-state index >= 15 is 0 Å². The van der Waals surface area contributed by atoms with E-state index in [1.807, 2.05) is 30.3 Å². The Hall–Kier alpha value is -1.57. The van der Waals surface area contributed by atoms with Gasteiger partial charge in [-0.1, -0.05) is 42.1 Å². The van der Waals surface area contributed by atoms with Crippen LogP contribution in [0.3, 0.4) is 0 Å². The number of rotatable bonds is 7. The number of hydrogen-bond acceptors (Lipinski definition) is 7. The van der Waals surface area contributed by atoms with Crippen LogP contribution in [0.4, 0.5) is 0 Å². The third kappa shape index (κ3) is 5.67. The van der Waals surface area contributed by atoms with Gasteiger partial charge >= 0.3 is 5.97 Å². The summed E-state index contributed by atoms with van der Waals surface area (Å²) in [7, 11) is 0. The number of ether oxygens (including phenoxy) is 1. The molecule has 0 fully saturated rings. The van der Waals surface area contributed by atoms with Crippen LogP contribution in [0.1, 0.15) is 24.4 Å². The number of carbonyl (C=O) groups excluding carboxylic acids is 1. The van der Waals surface area contributed by atoms with Crippen molar-refractivity contribution in [2.75, 3.05) is 12.4 Å². The minimum atomic E-state index is -0.364. The van der Waals surface area contributed by atoms with Gasteiger partial charge in [-0.05, 0) is 18.9 Å². The van der Waals surface area contributed by atoms with E-state index in [2.05, 4.69) is 10.2 Å². The molecule has 1 heterocycles. The highest BCUT2D eigenvalue weighted by Gasteiger charge is 2.16. The molecule has 0 aliphatic carbocycles. The number of esters is 1. The summed E-state index contributed by atoms with van der Waals surface area (Å²) in [6.45, 7) is 2.12. The lowest BCUT2D eigenvalue weighted by Crippen LogP contribution is -2.13. The minimum Gasteiger partial charge on any atom is -0.465 e. The second kappa shape index (κ2) is 9.45. The normalized spacial score (nSPS) is 11.5. The maximum absolute atomic E-state index is 11.2. The maximum atomic E-state index is 11.2. The molecule has 2 N–H and O–H groups in total. The Bertz CT molecular complexity index is 580. The van der Waals surface area contributed by atoms with Crippen LogP contribution < -0.4 is 5.73 Å². The van der Waals surface area contributed by atoms with Gasteiger partial charge in [-0.2, -0.15) is 0 Å². The van der Waals surface area contributed by atoms with Gasteiger partial charge < -0.3 is 14.9 Å². The second-order valence-electron chi connectivity index (χ2n) is 4.30. The van der Waals surface area contributed by atoms with Gasteiger partial charge in [0.1, 0.15) is 5.75 Å². The van der Waals surface area contributed by atoms with Crippen molar-refractivity contribution >= 4 is 30.1 Å². The molecular weight excluding hydrogens is 326 g/mol. The summed E-state index contributed by atoms with van der Waals surface area (Å²) in [6.07, 6.45) is 0.616. The smallest absolute Gasteiger partial charge is 0.316 e. The molecule has 0 radical (unpaired) electrons. The van der Waals surface area contributed by atoms with E-state index in [0.29, 0.717) is 24.1 Å². The fraction of sp³-hybridized carbons (Fsp3) is 0.357. The predicted octanol–water partition coefficient (Wildman–Crippen LogP) is 2.39. The Kier molecular flexibility index (Phi) is 7.94. The minimum absolute atomic E-state index is 0. The monoisotopic (exact) mass is 343 g/mol. The van der Waals surface area contributed by atoms with Crippen LogP contribution in [-0.2, 0) is 16.0 Å². The summed E-state index contributed by atoms with van der Waals surface area (Å²) in [4.78, 5) is 11.2. The van der Waals surface area contributed by atoms with Gasteiger partial charge in [0.2, 0.25) is 5.89 Å². The summed E-state index contributed by atoms with van der Waals surface area (Å²) >= 11 is 1.14. The van der Waals surface area contributed by atoms with Crippen molar-refractivity contribution in [3.63, 3.8) is 0 Å². The van der Waals surface area contributed by atoms with Crippen molar-refractivity contribution in [3.05, 3.63) is 41.8 Å². The van der Waals surface area contributed by atoms with Crippen LogP contribution in [0.15, 0.2) is 40.0 Å². The largest absolute Gasteiger partial charge is 0.465 e. The van der Waals surface area contributed by atoms with E-state index in [9.17, 15) is 4.79 Å². The van der Waals surface area contributed by atoms with Gasteiger partial charge in [0, 0.05) is 0 Å². The molecule has 0 amide bonds. The fourth-order valence-corrected chi connectivity index (χ4v) is 2.27. The van der Waals surface area contributed by atoms with Crippen LogP contribution in [0.5, 0.6) is 0 Å². The zero-order chi connectivity index (χ0) is 15.1. The van der Waals surface area contributed by atoms with E-state index in [1.165, 1.54) is 0 Å². The van der Waals surface area contributed by atoms with E-state index in [0.717, 1.165) is 17.3 Å².